The van der Waals surface area contributed by atoms with E-state index in [0.717, 1.165) is 19.4 Å². The number of nitrogens with zero attached hydrogens (tertiary/aromatic N) is 1. The van der Waals surface area contributed by atoms with E-state index in [1.165, 1.54) is 4.90 Å². The SMILES string of the molecule is COC(C)(C)CC(C)NCC1CCN(CC(F)(F)F)C1. The highest BCUT2D eigenvalue weighted by atomic mass is 19.4. The van der Waals surface area contributed by atoms with Crippen LogP contribution >= 0.6 is 0 Å². The molecular formula is C14H27F3N2O. The third-order valence-electron chi connectivity index (χ3n) is 3.88. The standard InChI is InChI=1S/C14H27F3N2O/c1-11(7-13(2,3)20-4)18-8-12-5-6-19(9-12)10-14(15,16)17/h11-12,18H,5-10H2,1-4H3. The average Bonchev–Trinajstić information content (AvgIpc) is 2.71. The van der Waals surface area contributed by atoms with E-state index in [2.05, 4.69) is 12.2 Å². The maximum atomic E-state index is 12.3. The molecule has 0 aromatic rings. The van der Waals surface area contributed by atoms with Crippen molar-refractivity contribution in [2.45, 2.75) is 51.4 Å². The molecule has 1 rings (SSSR count). The van der Waals surface area contributed by atoms with Gasteiger partial charge >= 0.3 is 6.18 Å². The van der Waals surface area contributed by atoms with Crippen LogP contribution in [0.2, 0.25) is 0 Å². The first-order valence-corrected chi connectivity index (χ1v) is 7.19. The van der Waals surface area contributed by atoms with Crippen LogP contribution in [0, 0.1) is 5.92 Å². The molecule has 0 aromatic carbocycles. The third-order valence-corrected chi connectivity index (χ3v) is 3.88. The van der Waals surface area contributed by atoms with Gasteiger partial charge in [0.25, 0.3) is 0 Å². The summed E-state index contributed by atoms with van der Waals surface area (Å²) in [6.45, 7) is 7.22. The Morgan fingerprint density at radius 3 is 2.55 bits per heavy atom. The molecule has 2 atom stereocenters. The van der Waals surface area contributed by atoms with Crippen molar-refractivity contribution in [1.82, 2.24) is 10.2 Å². The first kappa shape index (κ1) is 17.7. The van der Waals surface area contributed by atoms with Gasteiger partial charge in [-0.05, 0) is 52.6 Å². The highest BCUT2D eigenvalue weighted by molar-refractivity contribution is 4.81. The van der Waals surface area contributed by atoms with Gasteiger partial charge in [-0.25, -0.2) is 0 Å². The molecule has 1 fully saturated rings. The van der Waals surface area contributed by atoms with E-state index in [0.29, 0.717) is 25.0 Å². The number of ether oxygens (including phenoxy) is 1. The lowest BCUT2D eigenvalue weighted by atomic mass is 9.99. The topological polar surface area (TPSA) is 24.5 Å². The van der Waals surface area contributed by atoms with Gasteiger partial charge in [-0.15, -0.1) is 0 Å². The molecule has 1 aliphatic rings. The van der Waals surface area contributed by atoms with Gasteiger partial charge in [-0.2, -0.15) is 13.2 Å². The molecule has 0 amide bonds. The molecule has 0 saturated carbocycles. The van der Waals surface area contributed by atoms with Gasteiger partial charge in [-0.3, -0.25) is 4.90 Å². The summed E-state index contributed by atoms with van der Waals surface area (Å²) in [7, 11) is 1.69. The largest absolute Gasteiger partial charge is 0.401 e. The fourth-order valence-corrected chi connectivity index (χ4v) is 2.74. The van der Waals surface area contributed by atoms with E-state index in [-0.39, 0.29) is 5.60 Å². The van der Waals surface area contributed by atoms with Crippen molar-refractivity contribution in [3.05, 3.63) is 0 Å². The lowest BCUT2D eigenvalue weighted by Gasteiger charge is -2.28. The fourth-order valence-electron chi connectivity index (χ4n) is 2.74. The van der Waals surface area contributed by atoms with Crippen LogP contribution in [0.3, 0.4) is 0 Å². The maximum absolute atomic E-state index is 12.3. The van der Waals surface area contributed by atoms with Crippen LogP contribution in [0.25, 0.3) is 0 Å². The van der Waals surface area contributed by atoms with E-state index in [1.807, 2.05) is 13.8 Å². The molecule has 20 heavy (non-hydrogen) atoms. The number of nitrogens with one attached hydrogen (secondary N) is 1. The van der Waals surface area contributed by atoms with E-state index >= 15 is 0 Å². The lowest BCUT2D eigenvalue weighted by molar-refractivity contribution is -0.143. The molecule has 3 nitrogen and oxygen atoms in total. The zero-order valence-corrected chi connectivity index (χ0v) is 12.9. The predicted octanol–water partition coefficient (Wildman–Crippen LogP) is 2.66. The molecule has 0 aliphatic carbocycles. The van der Waals surface area contributed by atoms with Crippen molar-refractivity contribution < 1.29 is 17.9 Å². The monoisotopic (exact) mass is 296 g/mol. The van der Waals surface area contributed by atoms with E-state index in [1.54, 1.807) is 7.11 Å². The van der Waals surface area contributed by atoms with Crippen molar-refractivity contribution in [3.63, 3.8) is 0 Å². The molecule has 120 valence electrons. The number of rotatable bonds is 7. The van der Waals surface area contributed by atoms with Gasteiger partial charge in [-0.1, -0.05) is 0 Å². The second-order valence-electron chi connectivity index (χ2n) is 6.48. The molecule has 0 spiro atoms. The summed E-state index contributed by atoms with van der Waals surface area (Å²) in [4.78, 5) is 1.50. The van der Waals surface area contributed by atoms with Gasteiger partial charge in [0.15, 0.2) is 0 Å². The summed E-state index contributed by atoms with van der Waals surface area (Å²) in [5.41, 5.74) is -0.176. The van der Waals surface area contributed by atoms with Gasteiger partial charge in [0.1, 0.15) is 0 Å². The van der Waals surface area contributed by atoms with Crippen molar-refractivity contribution in [1.29, 1.82) is 0 Å². The molecule has 1 N–H and O–H groups in total. The summed E-state index contributed by atoms with van der Waals surface area (Å²) in [6.07, 6.45) is -2.37. The Morgan fingerprint density at radius 2 is 2.00 bits per heavy atom. The number of hydrogen-bond acceptors (Lipinski definition) is 3. The van der Waals surface area contributed by atoms with Crippen LogP contribution in [0.15, 0.2) is 0 Å². The van der Waals surface area contributed by atoms with Gasteiger partial charge in [0.05, 0.1) is 12.1 Å². The van der Waals surface area contributed by atoms with E-state index in [4.69, 9.17) is 4.74 Å². The van der Waals surface area contributed by atoms with E-state index in [9.17, 15) is 13.2 Å². The quantitative estimate of drug-likeness (QED) is 0.782. The molecule has 6 heteroatoms. The van der Waals surface area contributed by atoms with Crippen LogP contribution in [0.4, 0.5) is 13.2 Å². The Morgan fingerprint density at radius 1 is 1.35 bits per heavy atom. The van der Waals surface area contributed by atoms with Crippen molar-refractivity contribution in [3.8, 4) is 0 Å². The molecular weight excluding hydrogens is 269 g/mol. The predicted molar refractivity (Wildman–Crippen MR) is 73.8 cm³/mol. The first-order chi connectivity index (χ1) is 9.11. The summed E-state index contributed by atoms with van der Waals surface area (Å²) >= 11 is 0. The first-order valence-electron chi connectivity index (χ1n) is 7.19. The Kier molecular flexibility index (Phi) is 6.28. The Balaban J connectivity index is 2.24. The molecule has 0 radical (unpaired) electrons. The smallest absolute Gasteiger partial charge is 0.379 e. The highest BCUT2D eigenvalue weighted by Gasteiger charge is 2.34. The minimum Gasteiger partial charge on any atom is -0.379 e. The third kappa shape index (κ3) is 6.90. The molecule has 1 aliphatic heterocycles. The minimum atomic E-state index is -4.09. The molecule has 0 bridgehead atoms. The minimum absolute atomic E-state index is 0.176. The van der Waals surface area contributed by atoms with Gasteiger partial charge in [0, 0.05) is 19.7 Å². The highest BCUT2D eigenvalue weighted by Crippen LogP contribution is 2.22. The summed E-state index contributed by atoms with van der Waals surface area (Å²) in [5.74, 6) is 0.311. The number of hydrogen-bond donors (Lipinski definition) is 1. The maximum Gasteiger partial charge on any atom is 0.401 e. The normalized spacial score (nSPS) is 23.2. The number of alkyl halides is 3. The van der Waals surface area contributed by atoms with Gasteiger partial charge < -0.3 is 10.1 Å². The van der Waals surface area contributed by atoms with Gasteiger partial charge in [0.2, 0.25) is 0 Å². The molecule has 1 saturated heterocycles. The summed E-state index contributed by atoms with van der Waals surface area (Å²) in [6, 6.07) is 0.293. The lowest BCUT2D eigenvalue weighted by Crippen LogP contribution is -2.39. The summed E-state index contributed by atoms with van der Waals surface area (Å²) in [5, 5.41) is 3.41. The van der Waals surface area contributed by atoms with Crippen molar-refractivity contribution in [2.24, 2.45) is 5.92 Å². The Bertz CT molecular complexity index is 295. The van der Waals surface area contributed by atoms with E-state index < -0.39 is 12.7 Å². The van der Waals surface area contributed by atoms with Crippen LogP contribution in [0.5, 0.6) is 0 Å². The van der Waals surface area contributed by atoms with Crippen LogP contribution in [0.1, 0.15) is 33.6 Å². The zero-order valence-electron chi connectivity index (χ0n) is 12.9. The number of methoxy groups -OCH3 is 1. The molecule has 0 aromatic heterocycles. The molecule has 1 heterocycles. The summed E-state index contributed by atoms with van der Waals surface area (Å²) < 4.78 is 42.3. The average molecular weight is 296 g/mol. The van der Waals surface area contributed by atoms with Crippen LogP contribution < -0.4 is 5.32 Å². The number of halogens is 3. The molecule has 2 unspecified atom stereocenters. The Labute approximate surface area is 119 Å². The van der Waals surface area contributed by atoms with Crippen LogP contribution in [-0.2, 0) is 4.74 Å². The second-order valence-corrected chi connectivity index (χ2v) is 6.48. The van der Waals surface area contributed by atoms with Crippen LogP contribution in [-0.4, -0.2) is 56.0 Å². The van der Waals surface area contributed by atoms with Crippen molar-refractivity contribution in [2.75, 3.05) is 33.3 Å². The Hall–Kier alpha value is -0.330. The second kappa shape index (κ2) is 7.09. The number of likely N-dealkylation sites (tertiary alicyclic amines) is 1. The van der Waals surface area contributed by atoms with Crippen molar-refractivity contribution >= 4 is 0 Å². The fraction of sp³-hybridized carbons (Fsp3) is 1.00. The zero-order chi connectivity index (χ0) is 15.4.